The lowest BCUT2D eigenvalue weighted by atomic mass is 9.95. The molecule has 2 aromatic rings. The van der Waals surface area contributed by atoms with E-state index in [1.807, 2.05) is 37.2 Å². The van der Waals surface area contributed by atoms with Gasteiger partial charge in [-0.2, -0.15) is 0 Å². The van der Waals surface area contributed by atoms with Crippen molar-refractivity contribution in [2.24, 2.45) is 0 Å². The van der Waals surface area contributed by atoms with Crippen LogP contribution in [0.4, 0.5) is 0 Å². The fourth-order valence-corrected chi connectivity index (χ4v) is 3.33. The van der Waals surface area contributed by atoms with Crippen molar-refractivity contribution in [1.82, 2.24) is 9.80 Å². The Labute approximate surface area is 164 Å². The molecule has 6 nitrogen and oxygen atoms in total. The summed E-state index contributed by atoms with van der Waals surface area (Å²) >= 11 is 0. The molecule has 6 heteroatoms. The van der Waals surface area contributed by atoms with Crippen molar-refractivity contribution in [2.75, 3.05) is 34.3 Å². The molecule has 28 heavy (non-hydrogen) atoms. The van der Waals surface area contributed by atoms with Crippen LogP contribution in [0.15, 0.2) is 60.2 Å². The van der Waals surface area contributed by atoms with Gasteiger partial charge in [0.1, 0.15) is 11.5 Å². The van der Waals surface area contributed by atoms with Crippen molar-refractivity contribution in [1.29, 1.82) is 0 Å². The molecule has 0 bridgehead atoms. The lowest BCUT2D eigenvalue weighted by Gasteiger charge is -2.26. The minimum atomic E-state index is -0.673. The van der Waals surface area contributed by atoms with E-state index in [0.29, 0.717) is 24.4 Å². The third-order valence-corrected chi connectivity index (χ3v) is 4.78. The Kier molecular flexibility index (Phi) is 5.80. The van der Waals surface area contributed by atoms with Gasteiger partial charge in [0.2, 0.25) is 0 Å². The van der Waals surface area contributed by atoms with Crippen molar-refractivity contribution in [3.05, 3.63) is 71.3 Å². The van der Waals surface area contributed by atoms with Gasteiger partial charge in [-0.15, -0.1) is 0 Å². The first kappa shape index (κ1) is 19.6. The van der Waals surface area contributed by atoms with E-state index in [1.165, 1.54) is 4.90 Å². The van der Waals surface area contributed by atoms with Crippen molar-refractivity contribution in [3.8, 4) is 5.75 Å². The summed E-state index contributed by atoms with van der Waals surface area (Å²) in [6.07, 6.45) is 0. The normalized spacial score (nSPS) is 18.7. The Balaban J connectivity index is 2.15. The Hall–Kier alpha value is -3.12. The summed E-state index contributed by atoms with van der Waals surface area (Å²) in [7, 11) is 5.37. The van der Waals surface area contributed by atoms with Crippen LogP contribution in [-0.2, 0) is 9.59 Å². The number of carbonyl (C=O) groups excluding carboxylic acids is 2. The topological polar surface area (TPSA) is 70.1 Å². The molecule has 146 valence electrons. The van der Waals surface area contributed by atoms with E-state index in [0.717, 1.165) is 5.56 Å². The zero-order chi connectivity index (χ0) is 20.3. The van der Waals surface area contributed by atoms with Gasteiger partial charge in [-0.1, -0.05) is 42.5 Å². The number of likely N-dealkylation sites (N-methyl/N-ethyl adjacent to an activating group) is 1. The van der Waals surface area contributed by atoms with Gasteiger partial charge < -0.3 is 19.6 Å². The number of carbonyl (C=O) groups is 2. The smallest absolute Gasteiger partial charge is 0.295 e. The third-order valence-electron chi connectivity index (χ3n) is 4.78. The van der Waals surface area contributed by atoms with E-state index in [1.54, 1.807) is 43.5 Å². The van der Waals surface area contributed by atoms with Gasteiger partial charge in [-0.3, -0.25) is 9.59 Å². The van der Waals surface area contributed by atoms with E-state index in [9.17, 15) is 14.7 Å². The fraction of sp³-hybridized carbons (Fsp3) is 0.273. The number of rotatable bonds is 6. The summed E-state index contributed by atoms with van der Waals surface area (Å²) < 4.78 is 5.31. The highest BCUT2D eigenvalue weighted by Gasteiger charge is 2.45. The van der Waals surface area contributed by atoms with Crippen LogP contribution in [0.25, 0.3) is 5.76 Å². The Morgan fingerprint density at radius 1 is 1.11 bits per heavy atom. The number of aliphatic hydroxyl groups is 1. The Morgan fingerprint density at radius 2 is 1.82 bits per heavy atom. The van der Waals surface area contributed by atoms with Crippen LogP contribution in [0.5, 0.6) is 5.75 Å². The molecule has 2 aromatic carbocycles. The van der Waals surface area contributed by atoms with Crippen LogP contribution in [0.2, 0.25) is 0 Å². The van der Waals surface area contributed by atoms with Gasteiger partial charge >= 0.3 is 0 Å². The van der Waals surface area contributed by atoms with Crippen LogP contribution in [0.3, 0.4) is 0 Å². The van der Waals surface area contributed by atoms with Gasteiger partial charge in [-0.25, -0.2) is 0 Å². The molecule has 1 saturated heterocycles. The van der Waals surface area contributed by atoms with E-state index in [2.05, 4.69) is 0 Å². The van der Waals surface area contributed by atoms with E-state index in [4.69, 9.17) is 4.74 Å². The standard InChI is InChI=1S/C22H24N2O4/c1-23(2)12-13-24-19(16-10-7-11-17(14-16)28-3)18(21(26)22(24)27)20(25)15-8-5-4-6-9-15/h4-11,14,19,25H,12-13H2,1-3H3/b20-18-. The number of benzene rings is 2. The van der Waals surface area contributed by atoms with Gasteiger partial charge in [0.25, 0.3) is 11.7 Å². The molecule has 1 aliphatic heterocycles. The molecule has 1 atom stereocenters. The maximum Gasteiger partial charge on any atom is 0.295 e. The van der Waals surface area contributed by atoms with Gasteiger partial charge in [0, 0.05) is 18.7 Å². The first-order chi connectivity index (χ1) is 13.4. The number of ether oxygens (including phenoxy) is 1. The van der Waals surface area contributed by atoms with Crippen molar-refractivity contribution in [3.63, 3.8) is 0 Å². The largest absolute Gasteiger partial charge is 0.507 e. The molecule has 1 N–H and O–H groups in total. The number of Topliss-reactive ketones (excluding diaryl/α,β-unsaturated/α-hetero) is 1. The minimum absolute atomic E-state index is 0.100. The Bertz CT molecular complexity index is 906. The average molecular weight is 380 g/mol. The Morgan fingerprint density at radius 3 is 2.46 bits per heavy atom. The molecule has 0 aromatic heterocycles. The van der Waals surface area contributed by atoms with Crippen LogP contribution in [0.1, 0.15) is 17.2 Å². The molecular weight excluding hydrogens is 356 g/mol. The molecule has 1 heterocycles. The SMILES string of the molecule is COc1cccc(C2/C(=C(/O)c3ccccc3)C(=O)C(=O)N2CCN(C)C)c1. The molecule has 0 radical (unpaired) electrons. The summed E-state index contributed by atoms with van der Waals surface area (Å²) in [4.78, 5) is 29.1. The maximum absolute atomic E-state index is 12.9. The third kappa shape index (κ3) is 3.77. The van der Waals surface area contributed by atoms with Gasteiger partial charge in [0.15, 0.2) is 0 Å². The van der Waals surface area contributed by atoms with Crippen LogP contribution in [0, 0.1) is 0 Å². The second-order valence-corrected chi connectivity index (χ2v) is 6.94. The highest BCUT2D eigenvalue weighted by molar-refractivity contribution is 6.46. The number of amides is 1. The van der Waals surface area contributed by atoms with Crippen LogP contribution in [-0.4, -0.2) is 60.9 Å². The highest BCUT2D eigenvalue weighted by atomic mass is 16.5. The minimum Gasteiger partial charge on any atom is -0.507 e. The summed E-state index contributed by atoms with van der Waals surface area (Å²) in [5, 5.41) is 10.9. The summed E-state index contributed by atoms with van der Waals surface area (Å²) in [6, 6.07) is 15.4. The first-order valence-corrected chi connectivity index (χ1v) is 9.06. The van der Waals surface area contributed by atoms with E-state index < -0.39 is 17.7 Å². The monoisotopic (exact) mass is 380 g/mol. The van der Waals surface area contributed by atoms with E-state index in [-0.39, 0.29) is 11.3 Å². The second-order valence-electron chi connectivity index (χ2n) is 6.94. The summed E-state index contributed by atoms with van der Waals surface area (Å²) in [5.41, 5.74) is 1.32. The number of hydrogen-bond acceptors (Lipinski definition) is 5. The predicted octanol–water partition coefficient (Wildman–Crippen LogP) is 2.68. The zero-order valence-electron chi connectivity index (χ0n) is 16.3. The van der Waals surface area contributed by atoms with Gasteiger partial charge in [0.05, 0.1) is 18.7 Å². The van der Waals surface area contributed by atoms with E-state index >= 15 is 0 Å². The summed E-state index contributed by atoms with van der Waals surface area (Å²) in [6.45, 7) is 0.962. The number of nitrogens with zero attached hydrogens (tertiary/aromatic N) is 2. The quantitative estimate of drug-likeness (QED) is 0.474. The molecule has 1 unspecified atom stereocenters. The molecule has 0 aliphatic carbocycles. The molecule has 1 amide bonds. The van der Waals surface area contributed by atoms with Crippen LogP contribution >= 0.6 is 0 Å². The molecule has 3 rings (SSSR count). The molecule has 0 saturated carbocycles. The van der Waals surface area contributed by atoms with Crippen molar-refractivity contribution in [2.45, 2.75) is 6.04 Å². The highest BCUT2D eigenvalue weighted by Crippen LogP contribution is 2.40. The van der Waals surface area contributed by atoms with Gasteiger partial charge in [-0.05, 0) is 31.8 Å². The number of likely N-dealkylation sites (tertiary alicyclic amines) is 1. The maximum atomic E-state index is 12.9. The number of ketones is 1. The second kappa shape index (κ2) is 8.27. The lowest BCUT2D eigenvalue weighted by molar-refractivity contribution is -0.140. The fourth-order valence-electron chi connectivity index (χ4n) is 3.33. The molecule has 1 aliphatic rings. The van der Waals surface area contributed by atoms with Crippen LogP contribution < -0.4 is 4.74 Å². The van der Waals surface area contributed by atoms with Crippen molar-refractivity contribution < 1.29 is 19.4 Å². The average Bonchev–Trinajstić information content (AvgIpc) is 2.97. The zero-order valence-corrected chi connectivity index (χ0v) is 16.3. The molecular formula is C22H24N2O4. The molecule has 1 fully saturated rings. The number of aliphatic hydroxyl groups excluding tert-OH is 1. The predicted molar refractivity (Wildman–Crippen MR) is 107 cm³/mol. The molecule has 0 spiro atoms. The first-order valence-electron chi connectivity index (χ1n) is 9.06. The van der Waals surface area contributed by atoms with Crippen molar-refractivity contribution >= 4 is 17.4 Å². The number of hydrogen-bond donors (Lipinski definition) is 1. The lowest BCUT2D eigenvalue weighted by Crippen LogP contribution is -2.35. The number of methoxy groups -OCH3 is 1. The summed E-state index contributed by atoms with van der Waals surface area (Å²) in [5.74, 6) is -0.824.